The zero-order valence-corrected chi connectivity index (χ0v) is 13.3. The molecule has 0 saturated carbocycles. The van der Waals surface area contributed by atoms with Crippen molar-refractivity contribution >= 4 is 16.8 Å². The van der Waals surface area contributed by atoms with Crippen LogP contribution in [-0.4, -0.2) is 32.4 Å². The minimum atomic E-state index is -0.0651. The highest BCUT2D eigenvalue weighted by Crippen LogP contribution is 2.20. The maximum absolute atomic E-state index is 12.5. The fraction of sp³-hybridized carbons (Fsp3) is 0.294. The molecule has 0 aliphatic heterocycles. The van der Waals surface area contributed by atoms with Gasteiger partial charge in [-0.3, -0.25) is 14.5 Å². The van der Waals surface area contributed by atoms with Crippen LogP contribution in [0.5, 0.6) is 0 Å². The van der Waals surface area contributed by atoms with Crippen molar-refractivity contribution in [1.29, 1.82) is 0 Å². The van der Waals surface area contributed by atoms with Crippen LogP contribution in [0.15, 0.2) is 36.7 Å². The Morgan fingerprint density at radius 3 is 2.91 bits per heavy atom. The molecule has 0 bridgehead atoms. The second-order valence-electron chi connectivity index (χ2n) is 5.61. The van der Waals surface area contributed by atoms with Crippen molar-refractivity contribution < 1.29 is 4.79 Å². The lowest BCUT2D eigenvalue weighted by Crippen LogP contribution is -2.25. The summed E-state index contributed by atoms with van der Waals surface area (Å²) in [5.74, 6) is -0.0651. The van der Waals surface area contributed by atoms with E-state index in [2.05, 4.69) is 20.6 Å². The largest absolute Gasteiger partial charge is 0.352 e. The van der Waals surface area contributed by atoms with E-state index in [4.69, 9.17) is 0 Å². The van der Waals surface area contributed by atoms with Crippen molar-refractivity contribution in [3.8, 4) is 0 Å². The van der Waals surface area contributed by atoms with E-state index in [0.717, 1.165) is 35.1 Å². The molecule has 0 saturated heterocycles. The molecular weight excluding hydrogens is 290 g/mol. The van der Waals surface area contributed by atoms with Gasteiger partial charge >= 0.3 is 0 Å². The van der Waals surface area contributed by atoms with Crippen LogP contribution >= 0.6 is 0 Å². The van der Waals surface area contributed by atoms with E-state index in [0.29, 0.717) is 12.1 Å². The van der Waals surface area contributed by atoms with Gasteiger partial charge in [0.05, 0.1) is 17.3 Å². The smallest absolute Gasteiger partial charge is 0.252 e. The highest BCUT2D eigenvalue weighted by Gasteiger charge is 2.11. The van der Waals surface area contributed by atoms with Gasteiger partial charge in [0.2, 0.25) is 0 Å². The average molecular weight is 309 g/mol. The molecule has 6 heteroatoms. The van der Waals surface area contributed by atoms with Gasteiger partial charge in [0.15, 0.2) is 0 Å². The van der Waals surface area contributed by atoms with Crippen LogP contribution in [0.25, 0.3) is 10.9 Å². The molecule has 0 atom stereocenters. The Morgan fingerprint density at radius 2 is 2.13 bits per heavy atom. The van der Waals surface area contributed by atoms with Gasteiger partial charge in [-0.25, -0.2) is 0 Å². The Morgan fingerprint density at radius 1 is 1.26 bits per heavy atom. The number of hydrogen-bond donors (Lipinski definition) is 1. The Kier molecular flexibility index (Phi) is 4.32. The molecule has 23 heavy (non-hydrogen) atoms. The standard InChI is InChI=1S/C17H19N5O/c1-12-4-5-16-14(10-12)15(11-13(2)20-16)17(23)18-6-3-8-22-9-7-19-21-22/h4-5,7,9-11H,3,6,8H2,1-2H3,(H,18,23). The molecule has 6 nitrogen and oxygen atoms in total. The fourth-order valence-electron chi connectivity index (χ4n) is 2.55. The summed E-state index contributed by atoms with van der Waals surface area (Å²) >= 11 is 0. The van der Waals surface area contributed by atoms with Gasteiger partial charge in [-0.2, -0.15) is 0 Å². The lowest BCUT2D eigenvalue weighted by Gasteiger charge is -2.10. The highest BCUT2D eigenvalue weighted by molar-refractivity contribution is 6.06. The Balaban J connectivity index is 1.71. The first-order valence-electron chi connectivity index (χ1n) is 7.64. The number of rotatable bonds is 5. The summed E-state index contributed by atoms with van der Waals surface area (Å²) in [6.07, 6.45) is 4.26. The Bertz CT molecular complexity index is 826. The first-order chi connectivity index (χ1) is 11.1. The van der Waals surface area contributed by atoms with Gasteiger partial charge in [-0.05, 0) is 38.5 Å². The third-order valence-corrected chi connectivity index (χ3v) is 3.66. The summed E-state index contributed by atoms with van der Waals surface area (Å²) in [7, 11) is 0. The molecule has 0 aliphatic rings. The maximum atomic E-state index is 12.5. The summed E-state index contributed by atoms with van der Waals surface area (Å²) in [5.41, 5.74) is 3.48. The van der Waals surface area contributed by atoms with E-state index in [9.17, 15) is 4.79 Å². The normalized spacial score (nSPS) is 10.9. The number of aryl methyl sites for hydroxylation is 3. The van der Waals surface area contributed by atoms with Gasteiger partial charge in [0.25, 0.3) is 5.91 Å². The van der Waals surface area contributed by atoms with E-state index in [-0.39, 0.29) is 5.91 Å². The SMILES string of the molecule is Cc1ccc2nc(C)cc(C(=O)NCCCn3ccnn3)c2c1. The van der Waals surface area contributed by atoms with E-state index in [1.165, 1.54) is 0 Å². The van der Waals surface area contributed by atoms with Gasteiger partial charge in [0.1, 0.15) is 0 Å². The van der Waals surface area contributed by atoms with Crippen LogP contribution in [0.4, 0.5) is 0 Å². The topological polar surface area (TPSA) is 72.7 Å². The maximum Gasteiger partial charge on any atom is 0.252 e. The molecule has 3 aromatic rings. The molecule has 0 unspecified atom stereocenters. The minimum absolute atomic E-state index is 0.0651. The average Bonchev–Trinajstić information content (AvgIpc) is 3.04. The molecule has 0 spiro atoms. The molecule has 2 aromatic heterocycles. The lowest BCUT2D eigenvalue weighted by atomic mass is 10.0. The summed E-state index contributed by atoms with van der Waals surface area (Å²) in [6.45, 7) is 5.24. The predicted octanol–water partition coefficient (Wildman–Crippen LogP) is 2.26. The van der Waals surface area contributed by atoms with Crippen molar-refractivity contribution in [1.82, 2.24) is 25.3 Å². The molecule has 1 N–H and O–H groups in total. The second kappa shape index (κ2) is 6.56. The molecule has 1 amide bonds. The predicted molar refractivity (Wildman–Crippen MR) is 88.2 cm³/mol. The lowest BCUT2D eigenvalue weighted by molar-refractivity contribution is 0.0954. The molecule has 0 aliphatic carbocycles. The number of carbonyl (C=O) groups excluding carboxylic acids is 1. The number of fused-ring (bicyclic) bond motifs is 1. The van der Waals surface area contributed by atoms with Gasteiger partial charge < -0.3 is 5.32 Å². The van der Waals surface area contributed by atoms with Crippen molar-refractivity contribution in [2.75, 3.05) is 6.54 Å². The van der Waals surface area contributed by atoms with Crippen LogP contribution in [-0.2, 0) is 6.54 Å². The van der Waals surface area contributed by atoms with Crippen molar-refractivity contribution in [3.05, 3.63) is 53.5 Å². The molecule has 2 heterocycles. The first-order valence-corrected chi connectivity index (χ1v) is 7.64. The molecule has 0 fully saturated rings. The van der Waals surface area contributed by atoms with Crippen LogP contribution < -0.4 is 5.32 Å². The highest BCUT2D eigenvalue weighted by atomic mass is 16.1. The zero-order valence-electron chi connectivity index (χ0n) is 13.3. The Hall–Kier alpha value is -2.76. The number of nitrogens with one attached hydrogen (secondary N) is 1. The van der Waals surface area contributed by atoms with Gasteiger partial charge in [0, 0.05) is 30.4 Å². The molecular formula is C17H19N5O. The van der Waals surface area contributed by atoms with Crippen LogP contribution in [0.2, 0.25) is 0 Å². The molecule has 0 radical (unpaired) electrons. The summed E-state index contributed by atoms with van der Waals surface area (Å²) in [5, 5.41) is 11.5. The van der Waals surface area contributed by atoms with Crippen LogP contribution in [0.3, 0.4) is 0 Å². The monoisotopic (exact) mass is 309 g/mol. The minimum Gasteiger partial charge on any atom is -0.352 e. The van der Waals surface area contributed by atoms with Crippen LogP contribution in [0.1, 0.15) is 28.0 Å². The van der Waals surface area contributed by atoms with E-state index >= 15 is 0 Å². The van der Waals surface area contributed by atoms with E-state index < -0.39 is 0 Å². The summed E-state index contributed by atoms with van der Waals surface area (Å²) in [4.78, 5) is 17.0. The van der Waals surface area contributed by atoms with E-state index in [1.807, 2.05) is 44.3 Å². The van der Waals surface area contributed by atoms with Gasteiger partial charge in [-0.1, -0.05) is 16.8 Å². The van der Waals surface area contributed by atoms with Crippen molar-refractivity contribution in [3.63, 3.8) is 0 Å². The first kappa shape index (κ1) is 15.1. The summed E-state index contributed by atoms with van der Waals surface area (Å²) in [6, 6.07) is 7.81. The summed E-state index contributed by atoms with van der Waals surface area (Å²) < 4.78 is 1.75. The van der Waals surface area contributed by atoms with E-state index in [1.54, 1.807) is 10.9 Å². The second-order valence-corrected chi connectivity index (χ2v) is 5.61. The molecule has 1 aromatic carbocycles. The third-order valence-electron chi connectivity index (χ3n) is 3.66. The number of aromatic nitrogens is 4. The number of amides is 1. The van der Waals surface area contributed by atoms with Crippen molar-refractivity contribution in [2.45, 2.75) is 26.8 Å². The number of carbonyl (C=O) groups is 1. The number of nitrogens with zero attached hydrogens (tertiary/aromatic N) is 4. The zero-order chi connectivity index (χ0) is 16.2. The molecule has 3 rings (SSSR count). The van der Waals surface area contributed by atoms with Crippen LogP contribution in [0, 0.1) is 13.8 Å². The Labute approximate surface area is 134 Å². The van der Waals surface area contributed by atoms with Gasteiger partial charge in [-0.15, -0.1) is 5.10 Å². The third kappa shape index (κ3) is 3.53. The number of pyridine rings is 1. The molecule has 118 valence electrons. The quantitative estimate of drug-likeness (QED) is 0.734. The number of benzene rings is 1. The fourth-order valence-corrected chi connectivity index (χ4v) is 2.55. The van der Waals surface area contributed by atoms with Crippen molar-refractivity contribution in [2.24, 2.45) is 0 Å². The number of hydrogen-bond acceptors (Lipinski definition) is 4.